The standard InChI is InChI=1S/C30H57N3O/c1-5-7-8-9-10-11-12-13-14-15-16-17-18-19-20-21-22-23-24-25-30-31-26-27-33(30,6-2)28(3)32-29(4)34/h11-12,26-28,30-31H,5-10,13-25H2,1-4H3/p+1/b12-11+. The lowest BCUT2D eigenvalue weighted by atomic mass is 10.0. The Bertz CT molecular complexity index is 559. The number of nitrogens with zero attached hydrogens (tertiary/aromatic N) is 1. The Hall–Kier alpha value is -1.29. The Labute approximate surface area is 212 Å². The van der Waals surface area contributed by atoms with Crippen LogP contribution in [-0.4, -0.2) is 29.3 Å². The second-order valence-corrected chi connectivity index (χ2v) is 10.5. The summed E-state index contributed by atoms with van der Waals surface area (Å²) < 4.78 is 0.814. The van der Waals surface area contributed by atoms with Crippen LogP contribution in [0.5, 0.6) is 0 Å². The molecule has 0 fully saturated rings. The van der Waals surface area contributed by atoms with E-state index in [-0.39, 0.29) is 12.1 Å². The molecule has 0 aromatic heterocycles. The lowest BCUT2D eigenvalue weighted by Crippen LogP contribution is -2.62. The van der Waals surface area contributed by atoms with Crippen LogP contribution in [0.1, 0.15) is 143 Å². The van der Waals surface area contributed by atoms with Crippen LogP contribution < -0.4 is 10.6 Å². The van der Waals surface area contributed by atoms with E-state index >= 15 is 0 Å². The lowest BCUT2D eigenvalue weighted by Gasteiger charge is -2.41. The van der Waals surface area contributed by atoms with Crippen molar-refractivity contribution in [2.45, 2.75) is 156 Å². The van der Waals surface area contributed by atoms with Crippen molar-refractivity contribution in [1.82, 2.24) is 10.6 Å². The number of rotatable bonds is 22. The minimum atomic E-state index is 0.0538. The van der Waals surface area contributed by atoms with Gasteiger partial charge in [0.15, 0.2) is 12.3 Å². The fourth-order valence-corrected chi connectivity index (χ4v) is 5.39. The number of quaternary nitrogens is 1. The maximum absolute atomic E-state index is 11.5. The average Bonchev–Trinajstić information content (AvgIpc) is 3.24. The van der Waals surface area contributed by atoms with Gasteiger partial charge < -0.3 is 10.6 Å². The van der Waals surface area contributed by atoms with E-state index in [1.165, 1.54) is 116 Å². The third-order valence-corrected chi connectivity index (χ3v) is 7.64. The van der Waals surface area contributed by atoms with Gasteiger partial charge in [0, 0.05) is 20.3 Å². The van der Waals surface area contributed by atoms with Crippen LogP contribution in [0.4, 0.5) is 0 Å². The van der Waals surface area contributed by atoms with Gasteiger partial charge >= 0.3 is 0 Å². The summed E-state index contributed by atoms with van der Waals surface area (Å²) >= 11 is 0. The third-order valence-electron chi connectivity index (χ3n) is 7.64. The highest BCUT2D eigenvalue weighted by Gasteiger charge is 2.41. The van der Waals surface area contributed by atoms with E-state index in [1.807, 2.05) is 0 Å². The molecule has 1 aliphatic heterocycles. The summed E-state index contributed by atoms with van der Waals surface area (Å²) in [5.41, 5.74) is 0. The van der Waals surface area contributed by atoms with E-state index in [0.717, 1.165) is 11.0 Å². The Kier molecular flexibility index (Phi) is 18.0. The van der Waals surface area contributed by atoms with E-state index in [1.54, 1.807) is 6.92 Å². The minimum Gasteiger partial charge on any atom is -0.338 e. The molecule has 3 atom stereocenters. The molecule has 0 saturated carbocycles. The van der Waals surface area contributed by atoms with Crippen LogP contribution in [0.2, 0.25) is 0 Å². The maximum Gasteiger partial charge on any atom is 0.221 e. The third kappa shape index (κ3) is 13.0. The average molecular weight is 477 g/mol. The van der Waals surface area contributed by atoms with E-state index in [9.17, 15) is 4.79 Å². The van der Waals surface area contributed by atoms with Crippen molar-refractivity contribution < 1.29 is 9.28 Å². The van der Waals surface area contributed by atoms with Crippen LogP contribution in [-0.2, 0) is 4.79 Å². The number of carbonyl (C=O) groups excluding carboxylic acids is 1. The molecule has 3 unspecified atom stereocenters. The molecule has 1 amide bonds. The summed E-state index contributed by atoms with van der Waals surface area (Å²) in [6.07, 6.45) is 34.0. The van der Waals surface area contributed by atoms with Crippen molar-refractivity contribution in [2.24, 2.45) is 0 Å². The second kappa shape index (κ2) is 20.0. The van der Waals surface area contributed by atoms with Crippen LogP contribution in [0, 0.1) is 0 Å². The number of unbranched alkanes of at least 4 members (excludes halogenated alkanes) is 15. The first-order valence-corrected chi connectivity index (χ1v) is 14.8. The smallest absolute Gasteiger partial charge is 0.221 e. The Morgan fingerprint density at radius 2 is 1.35 bits per heavy atom. The molecule has 4 nitrogen and oxygen atoms in total. The van der Waals surface area contributed by atoms with Gasteiger partial charge in [0.1, 0.15) is 6.20 Å². The number of carbonyl (C=O) groups is 1. The lowest BCUT2D eigenvalue weighted by molar-refractivity contribution is -0.923. The maximum atomic E-state index is 11.5. The minimum absolute atomic E-state index is 0.0538. The van der Waals surface area contributed by atoms with E-state index in [2.05, 4.69) is 56.0 Å². The van der Waals surface area contributed by atoms with Crippen molar-refractivity contribution >= 4 is 5.91 Å². The summed E-state index contributed by atoms with van der Waals surface area (Å²) in [7, 11) is 0. The molecule has 0 aromatic rings. The molecule has 4 heteroatoms. The Balaban J connectivity index is 1.94. The fraction of sp³-hybridized carbons (Fsp3) is 0.833. The van der Waals surface area contributed by atoms with Crippen molar-refractivity contribution in [3.63, 3.8) is 0 Å². The predicted octanol–water partition coefficient (Wildman–Crippen LogP) is 8.30. The highest BCUT2D eigenvalue weighted by molar-refractivity contribution is 5.72. The topological polar surface area (TPSA) is 41.1 Å². The van der Waals surface area contributed by atoms with Gasteiger partial charge in [0.25, 0.3) is 0 Å². The molecule has 0 bridgehead atoms. The molecule has 0 radical (unpaired) electrons. The van der Waals surface area contributed by atoms with Gasteiger partial charge in [0.2, 0.25) is 5.91 Å². The zero-order chi connectivity index (χ0) is 24.9. The highest BCUT2D eigenvalue weighted by atomic mass is 16.1. The normalized spacial score (nSPS) is 20.6. The second-order valence-electron chi connectivity index (χ2n) is 10.5. The molecule has 0 spiro atoms. The molecule has 1 rings (SSSR count). The molecule has 2 N–H and O–H groups in total. The number of hydrogen-bond donors (Lipinski definition) is 2. The molecule has 1 aliphatic rings. The zero-order valence-electron chi connectivity index (χ0n) is 23.3. The first-order valence-electron chi connectivity index (χ1n) is 14.8. The number of amides is 1. The van der Waals surface area contributed by atoms with Crippen molar-refractivity contribution in [3.8, 4) is 0 Å². The molecular weight excluding hydrogens is 418 g/mol. The van der Waals surface area contributed by atoms with Gasteiger partial charge in [-0.1, -0.05) is 96.1 Å². The van der Waals surface area contributed by atoms with Gasteiger partial charge in [0.05, 0.1) is 12.7 Å². The molecule has 1 heterocycles. The number of nitrogens with one attached hydrogen (secondary N) is 2. The monoisotopic (exact) mass is 476 g/mol. The molecule has 198 valence electrons. The van der Waals surface area contributed by atoms with E-state index < -0.39 is 0 Å². The highest BCUT2D eigenvalue weighted by Crippen LogP contribution is 2.26. The largest absolute Gasteiger partial charge is 0.338 e. The SMILES string of the molecule is CCCCCC/C=C/CCCCCCCCCCCCCC1NC=C[N+]1(CC)C(C)NC(C)=O. The fourth-order valence-electron chi connectivity index (χ4n) is 5.39. The first kappa shape index (κ1) is 30.7. The Morgan fingerprint density at radius 3 is 1.85 bits per heavy atom. The van der Waals surface area contributed by atoms with Gasteiger partial charge in [-0.05, 0) is 39.0 Å². The van der Waals surface area contributed by atoms with E-state index in [4.69, 9.17) is 0 Å². The summed E-state index contributed by atoms with van der Waals surface area (Å²) in [4.78, 5) is 11.5. The zero-order valence-corrected chi connectivity index (χ0v) is 23.3. The van der Waals surface area contributed by atoms with Crippen LogP contribution in [0.3, 0.4) is 0 Å². The van der Waals surface area contributed by atoms with Gasteiger partial charge in [-0.3, -0.25) is 9.28 Å². The van der Waals surface area contributed by atoms with E-state index in [0.29, 0.717) is 6.17 Å². The molecular formula is C30H58N3O+. The summed E-state index contributed by atoms with van der Waals surface area (Å²) in [5, 5.41) is 6.66. The van der Waals surface area contributed by atoms with Crippen LogP contribution in [0.25, 0.3) is 0 Å². The van der Waals surface area contributed by atoms with Gasteiger partial charge in [-0.25, -0.2) is 0 Å². The quantitative estimate of drug-likeness (QED) is 0.0937. The number of allylic oxidation sites excluding steroid dienone is 2. The van der Waals surface area contributed by atoms with Crippen molar-refractivity contribution in [3.05, 3.63) is 24.6 Å². The number of hydrogen-bond acceptors (Lipinski definition) is 2. The molecule has 0 saturated heterocycles. The van der Waals surface area contributed by atoms with Crippen LogP contribution in [0.15, 0.2) is 24.6 Å². The van der Waals surface area contributed by atoms with Crippen molar-refractivity contribution in [1.29, 1.82) is 0 Å². The molecule has 0 aliphatic carbocycles. The summed E-state index contributed by atoms with van der Waals surface area (Å²) in [5.74, 6) is 0.0538. The molecule has 0 aromatic carbocycles. The summed E-state index contributed by atoms with van der Waals surface area (Å²) in [6.45, 7) is 9.23. The predicted molar refractivity (Wildman–Crippen MR) is 148 cm³/mol. The first-order chi connectivity index (χ1) is 16.6. The van der Waals surface area contributed by atoms with Gasteiger partial charge in [-0.15, -0.1) is 0 Å². The van der Waals surface area contributed by atoms with Crippen molar-refractivity contribution in [2.75, 3.05) is 6.54 Å². The molecule has 34 heavy (non-hydrogen) atoms. The van der Waals surface area contributed by atoms with Crippen LogP contribution >= 0.6 is 0 Å². The van der Waals surface area contributed by atoms with Gasteiger partial charge in [-0.2, -0.15) is 0 Å². The Morgan fingerprint density at radius 1 is 0.853 bits per heavy atom. The summed E-state index contributed by atoms with van der Waals surface area (Å²) in [6, 6.07) is 0.